The summed E-state index contributed by atoms with van der Waals surface area (Å²) in [4.78, 5) is 0. The van der Waals surface area contributed by atoms with Crippen LogP contribution in [0, 0.1) is 0 Å². The minimum Gasteiger partial charge on any atom is -0.353 e. The van der Waals surface area contributed by atoms with Gasteiger partial charge in [-0.15, -0.1) is 0 Å². The van der Waals surface area contributed by atoms with Crippen LogP contribution in [0.1, 0.15) is 39.5 Å². The average molecular weight is 184 g/mol. The zero-order valence-electron chi connectivity index (χ0n) is 8.66. The summed E-state index contributed by atoms with van der Waals surface area (Å²) in [6.45, 7) is 5.09. The van der Waals surface area contributed by atoms with Crippen molar-refractivity contribution in [3.05, 3.63) is 12.2 Å². The van der Waals surface area contributed by atoms with Crippen molar-refractivity contribution in [2.75, 3.05) is 6.61 Å². The Hall–Kier alpha value is -0.340. The van der Waals surface area contributed by atoms with Crippen LogP contribution in [0.5, 0.6) is 0 Å². The van der Waals surface area contributed by atoms with Crippen LogP contribution in [0.2, 0.25) is 0 Å². The Bertz CT molecular complexity index is 154. The number of rotatable bonds is 4. The molecule has 1 saturated heterocycles. The first-order valence-electron chi connectivity index (χ1n) is 5.28. The molecule has 0 radical (unpaired) electrons. The fraction of sp³-hybridized carbons (Fsp3) is 0.818. The molecule has 0 amide bonds. The van der Waals surface area contributed by atoms with Crippen LogP contribution in [0.4, 0.5) is 0 Å². The Morgan fingerprint density at radius 3 is 2.85 bits per heavy atom. The fourth-order valence-corrected chi connectivity index (χ4v) is 1.46. The summed E-state index contributed by atoms with van der Waals surface area (Å²) in [5, 5.41) is 0. The van der Waals surface area contributed by atoms with Gasteiger partial charge < -0.3 is 9.47 Å². The molecule has 0 spiro atoms. The lowest BCUT2D eigenvalue weighted by atomic mass is 10.1. The van der Waals surface area contributed by atoms with Gasteiger partial charge in [0.1, 0.15) is 0 Å². The molecule has 76 valence electrons. The number of hydrogen-bond donors (Lipinski definition) is 0. The second-order valence-electron chi connectivity index (χ2n) is 3.37. The maximum Gasteiger partial charge on any atom is 0.157 e. The Kier molecular flexibility index (Phi) is 5.09. The lowest BCUT2D eigenvalue weighted by Gasteiger charge is -2.29. The van der Waals surface area contributed by atoms with E-state index in [2.05, 4.69) is 26.0 Å². The van der Waals surface area contributed by atoms with Crippen LogP contribution in [-0.2, 0) is 9.47 Å². The van der Waals surface area contributed by atoms with E-state index in [-0.39, 0.29) is 6.29 Å². The van der Waals surface area contributed by atoms with E-state index in [0.717, 1.165) is 32.3 Å². The maximum absolute atomic E-state index is 5.71. The normalized spacial score (nSPS) is 29.7. The molecule has 2 atom stereocenters. The van der Waals surface area contributed by atoms with Gasteiger partial charge in [0, 0.05) is 0 Å². The van der Waals surface area contributed by atoms with Gasteiger partial charge in [0.05, 0.1) is 12.7 Å². The smallest absolute Gasteiger partial charge is 0.157 e. The average Bonchev–Trinajstić information content (AvgIpc) is 2.19. The van der Waals surface area contributed by atoms with Crippen molar-refractivity contribution >= 4 is 0 Å². The summed E-state index contributed by atoms with van der Waals surface area (Å²) < 4.78 is 11.1. The lowest BCUT2D eigenvalue weighted by molar-refractivity contribution is -0.211. The molecule has 0 aromatic heterocycles. The van der Waals surface area contributed by atoms with Crippen LogP contribution in [-0.4, -0.2) is 19.0 Å². The molecule has 13 heavy (non-hydrogen) atoms. The molecule has 0 aromatic rings. The highest BCUT2D eigenvalue weighted by Gasteiger charge is 2.19. The van der Waals surface area contributed by atoms with Gasteiger partial charge in [-0.05, 0) is 25.7 Å². The third-order valence-corrected chi connectivity index (χ3v) is 2.22. The molecule has 1 heterocycles. The SMILES string of the molecule is CC/C=C/CC1CCOC(CC)O1. The number of allylic oxidation sites excluding steroid dienone is 1. The van der Waals surface area contributed by atoms with Crippen molar-refractivity contribution in [1.29, 1.82) is 0 Å². The van der Waals surface area contributed by atoms with Gasteiger partial charge in [0.2, 0.25) is 0 Å². The number of hydrogen-bond acceptors (Lipinski definition) is 2. The molecule has 1 aliphatic rings. The first-order valence-corrected chi connectivity index (χ1v) is 5.28. The molecule has 1 fully saturated rings. The second kappa shape index (κ2) is 6.17. The largest absolute Gasteiger partial charge is 0.353 e. The predicted octanol–water partition coefficient (Wildman–Crippen LogP) is 2.88. The summed E-state index contributed by atoms with van der Waals surface area (Å²) in [5.74, 6) is 0. The summed E-state index contributed by atoms with van der Waals surface area (Å²) in [6.07, 6.45) is 8.95. The maximum atomic E-state index is 5.71. The van der Waals surface area contributed by atoms with Gasteiger partial charge >= 0.3 is 0 Å². The van der Waals surface area contributed by atoms with E-state index in [1.165, 1.54) is 0 Å². The lowest BCUT2D eigenvalue weighted by Crippen LogP contribution is -2.31. The molecule has 0 bridgehead atoms. The Morgan fingerprint density at radius 2 is 2.15 bits per heavy atom. The van der Waals surface area contributed by atoms with E-state index in [1.54, 1.807) is 0 Å². The molecule has 1 aliphatic heterocycles. The quantitative estimate of drug-likeness (QED) is 0.625. The van der Waals surface area contributed by atoms with Gasteiger partial charge in [-0.1, -0.05) is 26.0 Å². The summed E-state index contributed by atoms with van der Waals surface area (Å²) in [7, 11) is 0. The van der Waals surface area contributed by atoms with Crippen LogP contribution in [0.3, 0.4) is 0 Å². The van der Waals surface area contributed by atoms with Gasteiger partial charge in [0.15, 0.2) is 6.29 Å². The van der Waals surface area contributed by atoms with Crippen molar-refractivity contribution < 1.29 is 9.47 Å². The highest BCUT2D eigenvalue weighted by molar-refractivity contribution is 4.84. The molecule has 0 N–H and O–H groups in total. The standard InChI is InChI=1S/C11H20O2/c1-3-5-6-7-10-8-9-12-11(4-2)13-10/h5-6,10-11H,3-4,7-9H2,1-2H3/b6-5+. The van der Waals surface area contributed by atoms with Crippen LogP contribution in [0.15, 0.2) is 12.2 Å². The zero-order valence-corrected chi connectivity index (χ0v) is 8.66. The van der Waals surface area contributed by atoms with E-state index in [9.17, 15) is 0 Å². The van der Waals surface area contributed by atoms with Crippen molar-refractivity contribution in [2.45, 2.75) is 51.9 Å². The highest BCUT2D eigenvalue weighted by Crippen LogP contribution is 2.17. The Morgan fingerprint density at radius 1 is 1.31 bits per heavy atom. The molecule has 0 saturated carbocycles. The topological polar surface area (TPSA) is 18.5 Å². The minimum atomic E-state index is 0.0359. The first kappa shape index (κ1) is 10.7. The molecule has 2 nitrogen and oxygen atoms in total. The monoisotopic (exact) mass is 184 g/mol. The molecular formula is C11H20O2. The van der Waals surface area contributed by atoms with Crippen LogP contribution in [0.25, 0.3) is 0 Å². The van der Waals surface area contributed by atoms with E-state index in [4.69, 9.17) is 9.47 Å². The third kappa shape index (κ3) is 3.92. The third-order valence-electron chi connectivity index (χ3n) is 2.22. The van der Waals surface area contributed by atoms with Gasteiger partial charge in [0.25, 0.3) is 0 Å². The summed E-state index contributed by atoms with van der Waals surface area (Å²) >= 11 is 0. The van der Waals surface area contributed by atoms with Gasteiger partial charge in [-0.2, -0.15) is 0 Å². The van der Waals surface area contributed by atoms with E-state index >= 15 is 0 Å². The minimum absolute atomic E-state index is 0.0359. The summed E-state index contributed by atoms with van der Waals surface area (Å²) in [6, 6.07) is 0. The van der Waals surface area contributed by atoms with Crippen LogP contribution < -0.4 is 0 Å². The number of ether oxygens (including phenoxy) is 2. The predicted molar refractivity (Wildman–Crippen MR) is 53.6 cm³/mol. The van der Waals surface area contributed by atoms with Crippen molar-refractivity contribution in [3.63, 3.8) is 0 Å². The van der Waals surface area contributed by atoms with E-state index in [0.29, 0.717) is 6.10 Å². The molecule has 2 heteroatoms. The van der Waals surface area contributed by atoms with E-state index in [1.807, 2.05) is 0 Å². The Balaban J connectivity index is 2.21. The van der Waals surface area contributed by atoms with E-state index < -0.39 is 0 Å². The molecule has 0 aromatic carbocycles. The first-order chi connectivity index (χ1) is 6.36. The summed E-state index contributed by atoms with van der Waals surface area (Å²) in [5.41, 5.74) is 0. The Labute approximate surface area is 80.9 Å². The fourth-order valence-electron chi connectivity index (χ4n) is 1.46. The molecule has 0 aliphatic carbocycles. The van der Waals surface area contributed by atoms with Crippen molar-refractivity contribution in [1.82, 2.24) is 0 Å². The second-order valence-corrected chi connectivity index (χ2v) is 3.37. The molecule has 1 rings (SSSR count). The highest BCUT2D eigenvalue weighted by atomic mass is 16.7. The van der Waals surface area contributed by atoms with Gasteiger partial charge in [-0.3, -0.25) is 0 Å². The van der Waals surface area contributed by atoms with Gasteiger partial charge in [-0.25, -0.2) is 0 Å². The van der Waals surface area contributed by atoms with Crippen molar-refractivity contribution in [2.24, 2.45) is 0 Å². The molecule has 2 unspecified atom stereocenters. The van der Waals surface area contributed by atoms with Crippen molar-refractivity contribution in [3.8, 4) is 0 Å². The molecular weight excluding hydrogens is 164 g/mol. The zero-order chi connectivity index (χ0) is 9.52. The van der Waals surface area contributed by atoms with Crippen LogP contribution >= 0.6 is 0 Å².